The van der Waals surface area contributed by atoms with E-state index >= 15 is 0 Å². The number of rotatable bonds is 12. The molecule has 0 aliphatic carbocycles. The van der Waals surface area contributed by atoms with Gasteiger partial charge in [0.1, 0.15) is 0 Å². The minimum absolute atomic E-state index is 0.171. The molecule has 1 unspecified atom stereocenters. The highest BCUT2D eigenvalue weighted by Gasteiger charge is 2.19. The van der Waals surface area contributed by atoms with Crippen LogP contribution >= 0.6 is 0 Å². The molecule has 0 heterocycles. The van der Waals surface area contributed by atoms with E-state index in [4.69, 9.17) is 0 Å². The topological polar surface area (TPSA) is 20.2 Å². The van der Waals surface area contributed by atoms with Gasteiger partial charge in [-0.1, -0.05) is 172 Å². The molecule has 0 aromatic heterocycles. The second-order valence-electron chi connectivity index (χ2n) is 13.7. The fourth-order valence-corrected chi connectivity index (χ4v) is 7.02. The zero-order valence-electron chi connectivity index (χ0n) is 32.1. The van der Waals surface area contributed by atoms with Crippen LogP contribution in [0.2, 0.25) is 0 Å². The molecule has 6 rings (SSSR count). The lowest BCUT2D eigenvalue weighted by Gasteiger charge is -2.22. The van der Waals surface area contributed by atoms with Crippen molar-refractivity contribution in [3.63, 3.8) is 0 Å². The first-order valence-electron chi connectivity index (χ1n) is 19.1. The molecule has 0 aliphatic heterocycles. The zero-order chi connectivity index (χ0) is 37.6. The van der Waals surface area contributed by atoms with Crippen molar-refractivity contribution >= 4 is 11.1 Å². The van der Waals surface area contributed by atoms with E-state index in [9.17, 15) is 5.11 Å². The molecule has 268 valence electrons. The number of aliphatic hydroxyl groups excluding tert-OH is 1. The summed E-state index contributed by atoms with van der Waals surface area (Å²) in [6.07, 6.45) is 5.90. The highest BCUT2D eigenvalue weighted by Crippen LogP contribution is 2.35. The Balaban J connectivity index is 0.000000233. The summed E-state index contributed by atoms with van der Waals surface area (Å²) in [6.45, 7) is 14.8. The number of allylic oxidation sites excluding steroid dienone is 4. The third kappa shape index (κ3) is 10.2. The van der Waals surface area contributed by atoms with Crippen molar-refractivity contribution in [3.05, 3.63) is 193 Å². The molecule has 6 aromatic rings. The maximum absolute atomic E-state index is 10.4. The van der Waals surface area contributed by atoms with Gasteiger partial charge in [-0.05, 0) is 131 Å². The Morgan fingerprint density at radius 3 is 1.43 bits per heavy atom. The molecule has 1 heteroatoms. The second kappa shape index (κ2) is 19.3. The number of hydrogen-bond acceptors (Lipinski definition) is 1. The van der Waals surface area contributed by atoms with E-state index in [1.54, 1.807) is 0 Å². The molecule has 0 aliphatic rings. The molecule has 0 fully saturated rings. The van der Waals surface area contributed by atoms with Gasteiger partial charge in [0.05, 0.1) is 5.76 Å². The van der Waals surface area contributed by atoms with Crippen molar-refractivity contribution in [2.45, 2.75) is 60.3 Å². The summed E-state index contributed by atoms with van der Waals surface area (Å²) in [4.78, 5) is 0. The van der Waals surface area contributed by atoms with Crippen molar-refractivity contribution < 1.29 is 5.11 Å². The average molecular weight is 695 g/mol. The molecule has 6 aromatic carbocycles. The molecular formula is C52H54O. The van der Waals surface area contributed by atoms with Gasteiger partial charge in [-0.25, -0.2) is 0 Å². The van der Waals surface area contributed by atoms with Crippen LogP contribution in [0.4, 0.5) is 0 Å². The van der Waals surface area contributed by atoms with E-state index in [-0.39, 0.29) is 5.92 Å². The highest BCUT2D eigenvalue weighted by atomic mass is 16.3. The van der Waals surface area contributed by atoms with Crippen LogP contribution < -0.4 is 0 Å². The predicted octanol–water partition coefficient (Wildman–Crippen LogP) is 15.5. The molecule has 0 spiro atoms. The van der Waals surface area contributed by atoms with Crippen LogP contribution in [-0.2, 0) is 0 Å². The van der Waals surface area contributed by atoms with Crippen molar-refractivity contribution in [2.75, 3.05) is 0 Å². The van der Waals surface area contributed by atoms with Crippen LogP contribution in [0.1, 0.15) is 71.4 Å². The SMILES string of the molecule is C=C(C)c1cccc(-c2cccc(-c3cc(-c4ccccc4)cc(-c4ccccc4)c3)c2)c1.CC/C=C(\O)C(CCC)/C(CC)=C(\C)c1ccccc1. The normalized spacial score (nSPS) is 12.3. The molecule has 0 saturated heterocycles. The van der Waals surface area contributed by atoms with Crippen molar-refractivity contribution in [1.29, 1.82) is 0 Å². The van der Waals surface area contributed by atoms with E-state index in [1.165, 1.54) is 66.8 Å². The second-order valence-corrected chi connectivity index (χ2v) is 13.7. The summed E-state index contributed by atoms with van der Waals surface area (Å²) in [5.41, 5.74) is 15.9. The number of benzene rings is 6. The molecule has 0 bridgehead atoms. The molecule has 1 nitrogen and oxygen atoms in total. The van der Waals surface area contributed by atoms with Gasteiger partial charge in [0, 0.05) is 5.92 Å². The summed E-state index contributed by atoms with van der Waals surface area (Å²) in [7, 11) is 0. The Morgan fingerprint density at radius 2 is 0.943 bits per heavy atom. The van der Waals surface area contributed by atoms with Gasteiger partial charge in [-0.2, -0.15) is 0 Å². The minimum atomic E-state index is 0.171. The first-order valence-corrected chi connectivity index (χ1v) is 19.1. The van der Waals surface area contributed by atoms with Gasteiger partial charge < -0.3 is 5.11 Å². The summed E-state index contributed by atoms with van der Waals surface area (Å²) in [5.74, 6) is 0.714. The van der Waals surface area contributed by atoms with Crippen LogP contribution in [0.5, 0.6) is 0 Å². The van der Waals surface area contributed by atoms with E-state index in [2.05, 4.69) is 193 Å². The Hall–Kier alpha value is -5.66. The summed E-state index contributed by atoms with van der Waals surface area (Å²) in [6, 6.07) is 56.0. The van der Waals surface area contributed by atoms with Gasteiger partial charge in [-0.15, -0.1) is 0 Å². The standard InChI is InChI=1S/C33H26.C19H28O/c1-24(2)27-15-9-16-28(19-27)29-17-10-18-30(20-29)33-22-31(25-11-5-3-6-12-25)21-32(23-33)26-13-7-4-8-14-26;1-5-11-18(19(20)12-6-2)17(7-3)15(4)16-13-9-8-10-14-16/h3-23H,1H2,2H3;8-10,12-14,18,20H,5-7,11H2,1-4H3/b;17-15+,19-12-. The van der Waals surface area contributed by atoms with Crippen LogP contribution in [0.3, 0.4) is 0 Å². The summed E-state index contributed by atoms with van der Waals surface area (Å²) < 4.78 is 0. The quantitative estimate of drug-likeness (QED) is 0.126. The van der Waals surface area contributed by atoms with Crippen molar-refractivity contribution in [3.8, 4) is 44.5 Å². The van der Waals surface area contributed by atoms with E-state index in [0.717, 1.165) is 31.3 Å². The fraction of sp³-hybridized carbons (Fsp3) is 0.192. The van der Waals surface area contributed by atoms with Crippen molar-refractivity contribution in [2.24, 2.45) is 5.92 Å². The Morgan fingerprint density at radius 1 is 0.528 bits per heavy atom. The lowest BCUT2D eigenvalue weighted by molar-refractivity contribution is 0.334. The molecule has 0 radical (unpaired) electrons. The third-order valence-electron chi connectivity index (χ3n) is 9.87. The molecular weight excluding hydrogens is 641 g/mol. The summed E-state index contributed by atoms with van der Waals surface area (Å²) in [5, 5.41) is 10.4. The lowest BCUT2D eigenvalue weighted by Crippen LogP contribution is -2.09. The molecule has 0 amide bonds. The number of hydrogen-bond donors (Lipinski definition) is 1. The maximum Gasteiger partial charge on any atom is 0.0954 e. The fourth-order valence-electron chi connectivity index (χ4n) is 7.02. The maximum atomic E-state index is 10.4. The molecule has 1 atom stereocenters. The van der Waals surface area contributed by atoms with Crippen LogP contribution in [0.15, 0.2) is 182 Å². The largest absolute Gasteiger partial charge is 0.512 e. The third-order valence-corrected chi connectivity index (χ3v) is 9.87. The van der Waals surface area contributed by atoms with Crippen LogP contribution in [-0.4, -0.2) is 5.11 Å². The van der Waals surface area contributed by atoms with Gasteiger partial charge in [0.25, 0.3) is 0 Å². The van der Waals surface area contributed by atoms with Gasteiger partial charge >= 0.3 is 0 Å². The molecule has 1 N–H and O–H groups in total. The van der Waals surface area contributed by atoms with Gasteiger partial charge in [-0.3, -0.25) is 0 Å². The Labute approximate surface area is 318 Å². The zero-order valence-corrected chi connectivity index (χ0v) is 32.1. The average Bonchev–Trinajstić information content (AvgIpc) is 3.22. The summed E-state index contributed by atoms with van der Waals surface area (Å²) >= 11 is 0. The Kier molecular flexibility index (Phi) is 14.0. The molecule has 0 saturated carbocycles. The first kappa shape index (κ1) is 38.6. The number of aliphatic hydroxyl groups is 1. The predicted molar refractivity (Wildman–Crippen MR) is 232 cm³/mol. The molecule has 53 heavy (non-hydrogen) atoms. The highest BCUT2D eigenvalue weighted by molar-refractivity contribution is 5.83. The Bertz CT molecular complexity index is 2080. The van der Waals surface area contributed by atoms with Gasteiger partial charge in [0.2, 0.25) is 0 Å². The van der Waals surface area contributed by atoms with E-state index < -0.39 is 0 Å². The van der Waals surface area contributed by atoms with Crippen molar-refractivity contribution in [1.82, 2.24) is 0 Å². The smallest absolute Gasteiger partial charge is 0.0954 e. The minimum Gasteiger partial charge on any atom is -0.512 e. The van der Waals surface area contributed by atoms with Crippen LogP contribution in [0.25, 0.3) is 55.7 Å². The monoisotopic (exact) mass is 694 g/mol. The van der Waals surface area contributed by atoms with E-state index in [0.29, 0.717) is 5.76 Å². The first-order chi connectivity index (χ1) is 25.8. The lowest BCUT2D eigenvalue weighted by atomic mass is 9.85. The van der Waals surface area contributed by atoms with E-state index in [1.807, 2.05) is 12.1 Å². The van der Waals surface area contributed by atoms with Crippen LogP contribution in [0, 0.1) is 5.92 Å². The van der Waals surface area contributed by atoms with Gasteiger partial charge in [0.15, 0.2) is 0 Å².